The predicted octanol–water partition coefficient (Wildman–Crippen LogP) is 2.33. The number of benzene rings is 2. The van der Waals surface area contributed by atoms with Gasteiger partial charge in [0.25, 0.3) is 0 Å². The van der Waals surface area contributed by atoms with E-state index in [1.807, 2.05) is 6.07 Å². The predicted molar refractivity (Wildman–Crippen MR) is 142 cm³/mol. The fourth-order valence-electron chi connectivity index (χ4n) is 4.98. The molecule has 3 rings (SSSR count). The number of hydrogen-bond acceptors (Lipinski definition) is 9. The summed E-state index contributed by atoms with van der Waals surface area (Å²) in [6, 6.07) is 14.7. The Kier molecular flexibility index (Phi) is 10.4. The first kappa shape index (κ1) is 30.0. The van der Waals surface area contributed by atoms with Crippen LogP contribution < -0.4 is 9.20 Å². The van der Waals surface area contributed by atoms with Gasteiger partial charge in [0.2, 0.25) is 0 Å². The third kappa shape index (κ3) is 5.89. The molecule has 2 aromatic rings. The summed E-state index contributed by atoms with van der Waals surface area (Å²) in [5, 5.41) is 0. The summed E-state index contributed by atoms with van der Waals surface area (Å²) in [4.78, 5) is 55.8. The number of likely N-dealkylation sites (tertiary alicyclic amines) is 1. The van der Waals surface area contributed by atoms with Crippen molar-refractivity contribution in [2.75, 3.05) is 41.1 Å². The summed E-state index contributed by atoms with van der Waals surface area (Å²) >= 11 is -0.948. The first-order valence-corrected chi connectivity index (χ1v) is 14.2. The average Bonchev–Trinajstić information content (AvgIpc) is 3.36. The number of esters is 3. The summed E-state index contributed by atoms with van der Waals surface area (Å²) < 4.78 is 25.6. The number of rotatable bonds is 10. The standard InChI is InChI=1S/C28H33NO9Se/c1-6-37-25(31)28(26(32)38-7-2,39-18-13-9-8-10-14-18)22-20(19-15-11-12-16-21(19)34-3)17-29(27(33)36-5)23(22)24(30)35-4/h8-16,20,22-23H,6-7,17H2,1-5H3/t20-,22-,23-/m1/s1. The molecular formula is C28H33NO9Se. The van der Waals surface area contributed by atoms with Crippen LogP contribution in [0, 0.1) is 5.92 Å². The van der Waals surface area contributed by atoms with E-state index in [4.69, 9.17) is 23.7 Å². The normalized spacial score (nSPS) is 18.7. The number of carbonyl (C=O) groups excluding carboxylic acids is 4. The molecule has 1 aliphatic heterocycles. The summed E-state index contributed by atoms with van der Waals surface area (Å²) in [7, 11) is 3.88. The zero-order valence-corrected chi connectivity index (χ0v) is 24.3. The van der Waals surface area contributed by atoms with Crippen LogP contribution in [0.15, 0.2) is 54.6 Å². The van der Waals surface area contributed by atoms with Crippen molar-refractivity contribution in [2.24, 2.45) is 5.92 Å². The Morgan fingerprint density at radius 3 is 2.00 bits per heavy atom. The number of nitrogens with zero attached hydrogens (tertiary/aromatic N) is 1. The number of amides is 1. The maximum atomic E-state index is 14.1. The van der Waals surface area contributed by atoms with Gasteiger partial charge in [0, 0.05) is 0 Å². The van der Waals surface area contributed by atoms with Gasteiger partial charge in [-0.3, -0.25) is 0 Å². The number of hydrogen-bond donors (Lipinski definition) is 0. The second-order valence-electron chi connectivity index (χ2n) is 8.56. The minimum atomic E-state index is -1.98. The quantitative estimate of drug-likeness (QED) is 0.174. The Morgan fingerprint density at radius 1 is 0.872 bits per heavy atom. The molecule has 10 nitrogen and oxygen atoms in total. The van der Waals surface area contributed by atoms with E-state index in [-0.39, 0.29) is 19.8 Å². The molecule has 0 N–H and O–H groups in total. The zero-order chi connectivity index (χ0) is 28.6. The average molecular weight is 607 g/mol. The molecule has 3 atom stereocenters. The van der Waals surface area contributed by atoms with Crippen LogP contribution in [0.1, 0.15) is 25.3 Å². The molecule has 2 aromatic carbocycles. The first-order valence-electron chi connectivity index (χ1n) is 12.4. The van der Waals surface area contributed by atoms with Crippen molar-refractivity contribution >= 4 is 43.4 Å². The van der Waals surface area contributed by atoms with Gasteiger partial charge in [-0.05, 0) is 0 Å². The van der Waals surface area contributed by atoms with Gasteiger partial charge >= 0.3 is 234 Å². The summed E-state index contributed by atoms with van der Waals surface area (Å²) in [6.45, 7) is 3.19. The molecule has 0 radical (unpaired) electrons. The molecule has 1 heterocycles. The minimum absolute atomic E-state index is 0.0134. The molecule has 1 amide bonds. The van der Waals surface area contributed by atoms with Gasteiger partial charge in [0.15, 0.2) is 0 Å². The SMILES string of the molecule is CCOC(=O)C([Se]c1ccccc1)(C(=O)OCC)[C@@H]1[C@@H](c2ccccc2OC)CN(C(=O)OC)[C@H]1C(=O)OC. The van der Waals surface area contributed by atoms with Gasteiger partial charge in [-0.1, -0.05) is 0 Å². The topological polar surface area (TPSA) is 118 Å². The summed E-state index contributed by atoms with van der Waals surface area (Å²) in [6.07, 6.45) is -0.804. The van der Waals surface area contributed by atoms with Crippen LogP contribution in [0.25, 0.3) is 0 Å². The Morgan fingerprint density at radius 2 is 1.46 bits per heavy atom. The van der Waals surface area contributed by atoms with E-state index in [1.165, 1.54) is 26.2 Å². The fourth-order valence-corrected chi connectivity index (χ4v) is 7.87. The Bertz CT molecular complexity index is 1150. The van der Waals surface area contributed by atoms with Gasteiger partial charge < -0.3 is 0 Å². The van der Waals surface area contributed by atoms with E-state index in [0.29, 0.717) is 15.8 Å². The number of carbonyl (C=O) groups is 4. The second kappa shape index (κ2) is 13.5. The molecule has 0 unspecified atom stereocenters. The molecule has 1 fully saturated rings. The van der Waals surface area contributed by atoms with E-state index in [1.54, 1.807) is 62.4 Å². The maximum absolute atomic E-state index is 14.1. The van der Waals surface area contributed by atoms with E-state index in [9.17, 15) is 19.2 Å². The van der Waals surface area contributed by atoms with Gasteiger partial charge in [-0.15, -0.1) is 0 Å². The van der Waals surface area contributed by atoms with E-state index < -0.39 is 61.1 Å². The Balaban J connectivity index is 2.42. The van der Waals surface area contributed by atoms with Crippen molar-refractivity contribution in [3.63, 3.8) is 0 Å². The van der Waals surface area contributed by atoms with E-state index in [2.05, 4.69) is 0 Å². The van der Waals surface area contributed by atoms with Crippen molar-refractivity contribution in [1.82, 2.24) is 4.90 Å². The third-order valence-corrected chi connectivity index (χ3v) is 9.55. The van der Waals surface area contributed by atoms with Crippen molar-refractivity contribution in [2.45, 2.75) is 30.1 Å². The molecule has 210 valence electrons. The third-order valence-electron chi connectivity index (χ3n) is 6.54. The molecule has 0 spiro atoms. The summed E-state index contributed by atoms with van der Waals surface area (Å²) in [5.41, 5.74) is 0.604. The van der Waals surface area contributed by atoms with Crippen molar-refractivity contribution in [3.8, 4) is 5.75 Å². The van der Waals surface area contributed by atoms with Crippen molar-refractivity contribution in [1.29, 1.82) is 0 Å². The molecular weight excluding hydrogens is 573 g/mol. The van der Waals surface area contributed by atoms with Crippen LogP contribution in [-0.2, 0) is 33.3 Å². The number of methoxy groups -OCH3 is 3. The van der Waals surface area contributed by atoms with E-state index >= 15 is 0 Å². The fraction of sp³-hybridized carbons (Fsp3) is 0.429. The van der Waals surface area contributed by atoms with Crippen LogP contribution in [-0.4, -0.2) is 91.0 Å². The molecule has 0 bridgehead atoms. The van der Waals surface area contributed by atoms with Crippen molar-refractivity contribution < 1.29 is 42.9 Å². The Labute approximate surface area is 234 Å². The molecule has 0 aromatic heterocycles. The van der Waals surface area contributed by atoms with Crippen molar-refractivity contribution in [3.05, 3.63) is 60.2 Å². The molecule has 39 heavy (non-hydrogen) atoms. The van der Waals surface area contributed by atoms with Gasteiger partial charge in [0.1, 0.15) is 0 Å². The van der Waals surface area contributed by atoms with Crippen LogP contribution >= 0.6 is 0 Å². The number of ether oxygens (including phenoxy) is 5. The molecule has 1 saturated heterocycles. The van der Waals surface area contributed by atoms with Crippen LogP contribution in [0.5, 0.6) is 5.75 Å². The Hall–Kier alpha value is -3.56. The molecule has 0 saturated carbocycles. The van der Waals surface area contributed by atoms with Crippen LogP contribution in [0.2, 0.25) is 4.31 Å². The monoisotopic (exact) mass is 607 g/mol. The van der Waals surface area contributed by atoms with Gasteiger partial charge in [-0.2, -0.15) is 0 Å². The molecule has 0 aliphatic carbocycles. The first-order chi connectivity index (χ1) is 18.8. The van der Waals surface area contributed by atoms with Gasteiger partial charge in [-0.25, -0.2) is 0 Å². The number of para-hydroxylation sites is 1. The van der Waals surface area contributed by atoms with Crippen LogP contribution in [0.4, 0.5) is 4.79 Å². The second-order valence-corrected chi connectivity index (χ2v) is 11.3. The summed E-state index contributed by atoms with van der Waals surface area (Å²) in [5.74, 6) is -3.88. The molecule has 11 heteroatoms. The van der Waals surface area contributed by atoms with Gasteiger partial charge in [0.05, 0.1) is 0 Å². The van der Waals surface area contributed by atoms with E-state index in [0.717, 1.165) is 0 Å². The molecule has 1 aliphatic rings. The zero-order valence-electron chi connectivity index (χ0n) is 22.6. The van der Waals surface area contributed by atoms with Crippen LogP contribution in [0.3, 0.4) is 0 Å².